The molecule has 0 radical (unpaired) electrons. The molecule has 0 atom stereocenters. The number of anilines is 1. The number of aromatic nitrogens is 4. The molecule has 8 heteroatoms. The van der Waals surface area contributed by atoms with Gasteiger partial charge in [0.25, 0.3) is 0 Å². The summed E-state index contributed by atoms with van der Waals surface area (Å²) in [5, 5.41) is 1.25. The molecular formula is C11H14N6OS. The fourth-order valence-electron chi connectivity index (χ4n) is 1.21. The van der Waals surface area contributed by atoms with Gasteiger partial charge in [-0.15, -0.1) is 0 Å². The Labute approximate surface area is 115 Å². The third-order valence-corrected chi connectivity index (χ3v) is 2.71. The van der Waals surface area contributed by atoms with Crippen LogP contribution in [0.3, 0.4) is 0 Å². The monoisotopic (exact) mass is 278 g/mol. The van der Waals surface area contributed by atoms with Crippen LogP contribution in [-0.2, 0) is 0 Å². The number of nitrogens with two attached hydrogens (primary N) is 1. The predicted molar refractivity (Wildman–Crippen MR) is 71.8 cm³/mol. The van der Waals surface area contributed by atoms with Crippen molar-refractivity contribution in [3.8, 4) is 6.01 Å². The number of hydrogen-bond acceptors (Lipinski definition) is 8. The molecule has 7 nitrogen and oxygen atoms in total. The number of hydrazine groups is 1. The van der Waals surface area contributed by atoms with Crippen molar-refractivity contribution in [1.82, 2.24) is 19.9 Å². The van der Waals surface area contributed by atoms with Gasteiger partial charge < -0.3 is 4.74 Å². The van der Waals surface area contributed by atoms with E-state index in [0.717, 1.165) is 5.03 Å². The third kappa shape index (κ3) is 4.04. The molecule has 0 aliphatic rings. The van der Waals surface area contributed by atoms with Gasteiger partial charge in [0.15, 0.2) is 0 Å². The highest BCUT2D eigenvalue weighted by Crippen LogP contribution is 2.24. The quantitative estimate of drug-likeness (QED) is 0.627. The van der Waals surface area contributed by atoms with Crippen LogP contribution in [0.2, 0.25) is 0 Å². The average molecular weight is 278 g/mol. The van der Waals surface area contributed by atoms with Crippen molar-refractivity contribution in [3.05, 3.63) is 24.4 Å². The molecule has 3 N–H and O–H groups in total. The third-order valence-electron chi connectivity index (χ3n) is 1.90. The highest BCUT2D eigenvalue weighted by atomic mass is 32.2. The molecular weight excluding hydrogens is 264 g/mol. The van der Waals surface area contributed by atoms with E-state index in [1.165, 1.54) is 11.8 Å². The standard InChI is InChI=1S/C11H14N6OS/c1-7(2)18-10-14-9(17-12)15-11(16-10)19-8-5-3-4-6-13-8/h3-7H,12H2,1-2H3,(H,14,15,16,17). The van der Waals surface area contributed by atoms with Gasteiger partial charge >= 0.3 is 6.01 Å². The molecule has 2 aromatic rings. The van der Waals surface area contributed by atoms with Crippen LogP contribution in [0.1, 0.15) is 13.8 Å². The van der Waals surface area contributed by atoms with Crippen molar-refractivity contribution in [2.45, 2.75) is 30.1 Å². The first-order chi connectivity index (χ1) is 9.17. The highest BCUT2D eigenvalue weighted by Gasteiger charge is 2.10. The minimum absolute atomic E-state index is 0.0271. The molecule has 0 aromatic carbocycles. The second-order valence-electron chi connectivity index (χ2n) is 3.81. The number of nitrogens with zero attached hydrogens (tertiary/aromatic N) is 4. The lowest BCUT2D eigenvalue weighted by molar-refractivity contribution is 0.219. The minimum Gasteiger partial charge on any atom is -0.461 e. The maximum atomic E-state index is 5.44. The molecule has 19 heavy (non-hydrogen) atoms. The van der Waals surface area contributed by atoms with Gasteiger partial charge in [0.05, 0.1) is 6.10 Å². The normalized spacial score (nSPS) is 10.5. The van der Waals surface area contributed by atoms with Gasteiger partial charge in [0.1, 0.15) is 5.03 Å². The van der Waals surface area contributed by atoms with Gasteiger partial charge in [0.2, 0.25) is 11.1 Å². The van der Waals surface area contributed by atoms with E-state index in [4.69, 9.17) is 10.6 Å². The van der Waals surface area contributed by atoms with Gasteiger partial charge in [-0.05, 0) is 37.7 Å². The SMILES string of the molecule is CC(C)Oc1nc(NN)nc(Sc2ccccn2)n1. The van der Waals surface area contributed by atoms with Gasteiger partial charge in [-0.25, -0.2) is 10.8 Å². The number of ether oxygens (including phenoxy) is 1. The fraction of sp³-hybridized carbons (Fsp3) is 0.273. The Morgan fingerprint density at radius 1 is 1.26 bits per heavy atom. The molecule has 0 spiro atoms. The predicted octanol–water partition coefficient (Wildman–Crippen LogP) is 1.49. The van der Waals surface area contributed by atoms with Crippen molar-refractivity contribution >= 4 is 17.7 Å². The summed E-state index contributed by atoms with van der Waals surface area (Å²) < 4.78 is 5.44. The number of pyridine rings is 1. The van der Waals surface area contributed by atoms with E-state index < -0.39 is 0 Å². The zero-order valence-corrected chi connectivity index (χ0v) is 11.4. The fourth-order valence-corrected chi connectivity index (χ4v) is 1.92. The summed E-state index contributed by atoms with van der Waals surface area (Å²) in [6.07, 6.45) is 1.68. The zero-order valence-electron chi connectivity index (χ0n) is 10.6. The summed E-state index contributed by atoms with van der Waals surface area (Å²) in [5.74, 6) is 5.58. The second-order valence-corrected chi connectivity index (χ2v) is 4.79. The molecule has 0 aliphatic carbocycles. The van der Waals surface area contributed by atoms with E-state index in [9.17, 15) is 0 Å². The molecule has 0 bridgehead atoms. The van der Waals surface area contributed by atoms with Crippen molar-refractivity contribution in [2.24, 2.45) is 5.84 Å². The van der Waals surface area contributed by atoms with Crippen LogP contribution >= 0.6 is 11.8 Å². The van der Waals surface area contributed by atoms with E-state index in [1.54, 1.807) is 6.20 Å². The molecule has 0 saturated heterocycles. The van der Waals surface area contributed by atoms with Crippen LogP contribution in [0.4, 0.5) is 5.95 Å². The summed E-state index contributed by atoms with van der Waals surface area (Å²) in [7, 11) is 0. The van der Waals surface area contributed by atoms with Crippen molar-refractivity contribution in [1.29, 1.82) is 0 Å². The number of nitrogens with one attached hydrogen (secondary N) is 1. The van der Waals surface area contributed by atoms with Crippen molar-refractivity contribution in [2.75, 3.05) is 5.43 Å². The van der Waals surface area contributed by atoms with Gasteiger partial charge in [0, 0.05) is 6.20 Å². The molecule has 2 rings (SSSR count). The Balaban J connectivity index is 2.24. The summed E-state index contributed by atoms with van der Waals surface area (Å²) in [6.45, 7) is 3.79. The molecule has 0 fully saturated rings. The second kappa shape index (κ2) is 6.30. The maximum Gasteiger partial charge on any atom is 0.322 e. The van der Waals surface area contributed by atoms with Crippen molar-refractivity contribution in [3.63, 3.8) is 0 Å². The largest absolute Gasteiger partial charge is 0.461 e. The van der Waals surface area contributed by atoms with Gasteiger partial charge in [-0.1, -0.05) is 6.07 Å². The lowest BCUT2D eigenvalue weighted by atomic mass is 10.5. The summed E-state index contributed by atoms with van der Waals surface area (Å²) >= 11 is 1.31. The molecule has 0 unspecified atom stereocenters. The molecule has 100 valence electrons. The zero-order chi connectivity index (χ0) is 13.7. The molecule has 0 amide bonds. The number of rotatable bonds is 5. The van der Waals surface area contributed by atoms with Crippen LogP contribution in [-0.4, -0.2) is 26.0 Å². The Morgan fingerprint density at radius 3 is 2.74 bits per heavy atom. The van der Waals surface area contributed by atoms with E-state index in [2.05, 4.69) is 25.4 Å². The summed E-state index contributed by atoms with van der Waals surface area (Å²) in [4.78, 5) is 16.5. The van der Waals surface area contributed by atoms with E-state index in [1.807, 2.05) is 32.0 Å². The molecule has 0 saturated carbocycles. The summed E-state index contributed by atoms with van der Waals surface area (Å²) in [6, 6.07) is 5.84. The minimum atomic E-state index is -0.0271. The Morgan fingerprint density at radius 2 is 2.11 bits per heavy atom. The average Bonchev–Trinajstić information content (AvgIpc) is 2.38. The van der Waals surface area contributed by atoms with Crippen LogP contribution < -0.4 is 16.0 Å². The maximum absolute atomic E-state index is 5.44. The molecule has 2 aromatic heterocycles. The van der Waals surface area contributed by atoms with Crippen LogP contribution in [0, 0.1) is 0 Å². The van der Waals surface area contributed by atoms with E-state index in [0.29, 0.717) is 5.16 Å². The van der Waals surface area contributed by atoms with Gasteiger partial charge in [-0.2, -0.15) is 15.0 Å². The summed E-state index contributed by atoms with van der Waals surface area (Å²) in [5.41, 5.74) is 2.39. The van der Waals surface area contributed by atoms with Gasteiger partial charge in [-0.3, -0.25) is 5.43 Å². The first-order valence-electron chi connectivity index (χ1n) is 5.65. The Hall–Kier alpha value is -1.93. The van der Waals surface area contributed by atoms with Crippen LogP contribution in [0.15, 0.2) is 34.6 Å². The first-order valence-corrected chi connectivity index (χ1v) is 6.47. The smallest absolute Gasteiger partial charge is 0.322 e. The number of hydrogen-bond donors (Lipinski definition) is 2. The molecule has 0 aliphatic heterocycles. The molecule has 2 heterocycles. The van der Waals surface area contributed by atoms with Crippen LogP contribution in [0.25, 0.3) is 0 Å². The van der Waals surface area contributed by atoms with E-state index in [-0.39, 0.29) is 18.1 Å². The van der Waals surface area contributed by atoms with Crippen LogP contribution in [0.5, 0.6) is 6.01 Å². The number of nitrogen functional groups attached to an aromatic ring is 1. The first kappa shape index (κ1) is 13.5. The topological polar surface area (TPSA) is 98.8 Å². The van der Waals surface area contributed by atoms with E-state index >= 15 is 0 Å². The lowest BCUT2D eigenvalue weighted by Gasteiger charge is -2.09. The lowest BCUT2D eigenvalue weighted by Crippen LogP contribution is -2.14. The Bertz CT molecular complexity index is 536. The highest BCUT2D eigenvalue weighted by molar-refractivity contribution is 7.99. The Kier molecular flexibility index (Phi) is 4.48. The van der Waals surface area contributed by atoms with Crippen molar-refractivity contribution < 1.29 is 4.74 Å².